The van der Waals surface area contributed by atoms with Crippen molar-refractivity contribution < 1.29 is 4.74 Å². The van der Waals surface area contributed by atoms with E-state index >= 15 is 0 Å². The largest absolute Gasteiger partial charge is 0.492 e. The van der Waals surface area contributed by atoms with E-state index in [-0.39, 0.29) is 0 Å². The molecule has 0 heterocycles. The van der Waals surface area contributed by atoms with Crippen LogP contribution in [0.4, 0.5) is 0 Å². The van der Waals surface area contributed by atoms with Crippen LogP contribution in [0.15, 0.2) is 22.7 Å². The molecule has 0 spiro atoms. The van der Waals surface area contributed by atoms with E-state index < -0.39 is 0 Å². The molecule has 1 saturated carbocycles. The van der Waals surface area contributed by atoms with Crippen LogP contribution >= 0.6 is 15.9 Å². The Labute approximate surface area is 112 Å². The highest BCUT2D eigenvalue weighted by Gasteiger charge is 2.16. The van der Waals surface area contributed by atoms with Crippen molar-refractivity contribution in [2.75, 3.05) is 13.2 Å². The standard InChI is InChI=1S/C14H20BrNO/c15-13-9-11(7-8-16)5-6-14(13)17-10-12-3-1-2-4-12/h5-6,9,12H,1-4,7-8,10,16H2. The molecule has 17 heavy (non-hydrogen) atoms. The molecule has 3 heteroatoms. The number of hydrogen-bond acceptors (Lipinski definition) is 2. The van der Waals surface area contributed by atoms with E-state index in [0.29, 0.717) is 6.54 Å². The Kier molecular flexibility index (Phi) is 4.86. The minimum atomic E-state index is 0.689. The fourth-order valence-electron chi connectivity index (χ4n) is 2.37. The van der Waals surface area contributed by atoms with Crippen LogP contribution in [0.5, 0.6) is 5.75 Å². The van der Waals surface area contributed by atoms with Crippen LogP contribution in [0.1, 0.15) is 31.2 Å². The Morgan fingerprint density at radius 1 is 1.29 bits per heavy atom. The highest BCUT2D eigenvalue weighted by molar-refractivity contribution is 9.10. The molecule has 0 bridgehead atoms. The Hall–Kier alpha value is -0.540. The molecule has 1 aliphatic carbocycles. The van der Waals surface area contributed by atoms with Gasteiger partial charge in [-0.25, -0.2) is 0 Å². The van der Waals surface area contributed by atoms with Gasteiger partial charge in [0.25, 0.3) is 0 Å². The molecule has 0 aromatic heterocycles. The topological polar surface area (TPSA) is 35.2 Å². The van der Waals surface area contributed by atoms with Gasteiger partial charge in [0, 0.05) is 0 Å². The lowest BCUT2D eigenvalue weighted by molar-refractivity contribution is 0.250. The summed E-state index contributed by atoms with van der Waals surface area (Å²) in [4.78, 5) is 0. The minimum Gasteiger partial charge on any atom is -0.492 e. The van der Waals surface area contributed by atoms with Crippen LogP contribution in [0.3, 0.4) is 0 Å². The fraction of sp³-hybridized carbons (Fsp3) is 0.571. The van der Waals surface area contributed by atoms with Crippen LogP contribution < -0.4 is 10.5 Å². The van der Waals surface area contributed by atoms with Crippen molar-refractivity contribution in [3.8, 4) is 5.75 Å². The lowest BCUT2D eigenvalue weighted by atomic mass is 10.1. The Morgan fingerprint density at radius 3 is 2.71 bits per heavy atom. The molecule has 0 unspecified atom stereocenters. The zero-order chi connectivity index (χ0) is 12.1. The van der Waals surface area contributed by atoms with E-state index in [1.807, 2.05) is 6.07 Å². The molecule has 94 valence electrons. The highest BCUT2D eigenvalue weighted by Crippen LogP contribution is 2.29. The summed E-state index contributed by atoms with van der Waals surface area (Å²) in [6, 6.07) is 6.25. The van der Waals surface area contributed by atoms with Crippen molar-refractivity contribution in [1.82, 2.24) is 0 Å². The van der Waals surface area contributed by atoms with E-state index in [1.54, 1.807) is 0 Å². The molecule has 0 saturated heterocycles. The maximum atomic E-state index is 5.88. The first-order chi connectivity index (χ1) is 8.29. The lowest BCUT2D eigenvalue weighted by Crippen LogP contribution is -2.08. The number of benzene rings is 1. The quantitative estimate of drug-likeness (QED) is 0.902. The summed E-state index contributed by atoms with van der Waals surface area (Å²) in [5.41, 5.74) is 6.80. The van der Waals surface area contributed by atoms with Crippen LogP contribution in [-0.2, 0) is 6.42 Å². The predicted octanol–water partition coefficient (Wildman–Crippen LogP) is 3.52. The zero-order valence-electron chi connectivity index (χ0n) is 10.1. The average Bonchev–Trinajstić information content (AvgIpc) is 2.81. The third-order valence-corrected chi connectivity index (χ3v) is 4.00. The number of halogens is 1. The summed E-state index contributed by atoms with van der Waals surface area (Å²) in [7, 11) is 0. The molecule has 1 fully saturated rings. The van der Waals surface area contributed by atoms with Gasteiger partial charge in [0.2, 0.25) is 0 Å². The van der Waals surface area contributed by atoms with Gasteiger partial charge in [-0.3, -0.25) is 0 Å². The lowest BCUT2D eigenvalue weighted by Gasteiger charge is -2.13. The SMILES string of the molecule is NCCc1ccc(OCC2CCCC2)c(Br)c1. The number of nitrogens with two attached hydrogens (primary N) is 1. The Bertz CT molecular complexity index is 361. The Morgan fingerprint density at radius 2 is 2.06 bits per heavy atom. The molecular weight excluding hydrogens is 278 g/mol. The van der Waals surface area contributed by atoms with Gasteiger partial charge in [0.1, 0.15) is 5.75 Å². The van der Waals surface area contributed by atoms with Crippen molar-refractivity contribution in [1.29, 1.82) is 0 Å². The number of hydrogen-bond donors (Lipinski definition) is 1. The number of rotatable bonds is 5. The molecule has 2 rings (SSSR count). The van der Waals surface area contributed by atoms with Crippen LogP contribution in [0.25, 0.3) is 0 Å². The first-order valence-corrected chi connectivity index (χ1v) is 7.20. The van der Waals surface area contributed by atoms with Gasteiger partial charge < -0.3 is 10.5 Å². The van der Waals surface area contributed by atoms with Crippen molar-refractivity contribution in [2.24, 2.45) is 11.7 Å². The third-order valence-electron chi connectivity index (χ3n) is 3.38. The van der Waals surface area contributed by atoms with Crippen LogP contribution in [-0.4, -0.2) is 13.2 Å². The molecule has 1 aliphatic rings. The summed E-state index contributed by atoms with van der Waals surface area (Å²) >= 11 is 3.56. The highest BCUT2D eigenvalue weighted by atomic mass is 79.9. The molecule has 2 nitrogen and oxygen atoms in total. The summed E-state index contributed by atoms with van der Waals surface area (Å²) in [5, 5.41) is 0. The minimum absolute atomic E-state index is 0.689. The fourth-order valence-corrected chi connectivity index (χ4v) is 2.91. The van der Waals surface area contributed by atoms with Crippen molar-refractivity contribution >= 4 is 15.9 Å². The third kappa shape index (κ3) is 3.71. The summed E-state index contributed by atoms with van der Waals surface area (Å²) in [6.45, 7) is 1.55. The Balaban J connectivity index is 1.91. The second-order valence-corrected chi connectivity index (χ2v) is 5.62. The van der Waals surface area contributed by atoms with E-state index in [2.05, 4.69) is 28.1 Å². The summed E-state index contributed by atoms with van der Waals surface area (Å²) in [5.74, 6) is 1.71. The molecule has 0 aliphatic heterocycles. The number of ether oxygens (including phenoxy) is 1. The monoisotopic (exact) mass is 297 g/mol. The van der Waals surface area contributed by atoms with Gasteiger partial charge in [0.05, 0.1) is 11.1 Å². The van der Waals surface area contributed by atoms with Crippen molar-refractivity contribution in [3.05, 3.63) is 28.2 Å². The van der Waals surface area contributed by atoms with E-state index in [9.17, 15) is 0 Å². The van der Waals surface area contributed by atoms with Gasteiger partial charge in [0.15, 0.2) is 0 Å². The first-order valence-electron chi connectivity index (χ1n) is 6.41. The predicted molar refractivity (Wildman–Crippen MR) is 74.4 cm³/mol. The molecule has 1 aromatic rings. The van der Waals surface area contributed by atoms with Gasteiger partial charge >= 0.3 is 0 Å². The van der Waals surface area contributed by atoms with Gasteiger partial charge in [-0.15, -0.1) is 0 Å². The smallest absolute Gasteiger partial charge is 0.133 e. The van der Waals surface area contributed by atoms with E-state index in [1.165, 1.54) is 31.2 Å². The van der Waals surface area contributed by atoms with Gasteiger partial charge in [-0.1, -0.05) is 18.9 Å². The maximum absolute atomic E-state index is 5.88. The molecule has 1 aromatic carbocycles. The van der Waals surface area contributed by atoms with Crippen LogP contribution in [0.2, 0.25) is 0 Å². The molecule has 0 amide bonds. The van der Waals surface area contributed by atoms with Gasteiger partial charge in [-0.2, -0.15) is 0 Å². The van der Waals surface area contributed by atoms with Gasteiger partial charge in [-0.05, 0) is 65.4 Å². The van der Waals surface area contributed by atoms with Crippen LogP contribution in [0, 0.1) is 5.92 Å². The summed E-state index contributed by atoms with van der Waals surface area (Å²) in [6.07, 6.45) is 6.29. The van der Waals surface area contributed by atoms with Crippen molar-refractivity contribution in [2.45, 2.75) is 32.1 Å². The van der Waals surface area contributed by atoms with Crippen molar-refractivity contribution in [3.63, 3.8) is 0 Å². The molecule has 2 N–H and O–H groups in total. The van der Waals surface area contributed by atoms with E-state index in [4.69, 9.17) is 10.5 Å². The first kappa shape index (κ1) is 12.9. The molecule has 0 radical (unpaired) electrons. The second kappa shape index (κ2) is 6.41. The molecule has 0 atom stereocenters. The normalized spacial score (nSPS) is 16.4. The maximum Gasteiger partial charge on any atom is 0.133 e. The summed E-state index contributed by atoms with van der Waals surface area (Å²) < 4.78 is 6.92. The second-order valence-electron chi connectivity index (χ2n) is 4.76. The zero-order valence-corrected chi connectivity index (χ0v) is 11.7. The average molecular weight is 298 g/mol. The molecular formula is C14H20BrNO. The van der Waals surface area contributed by atoms with E-state index in [0.717, 1.165) is 29.2 Å².